The van der Waals surface area contributed by atoms with Crippen molar-refractivity contribution in [2.45, 2.75) is 13.3 Å². The minimum atomic E-state index is -0.0809. The fraction of sp³-hybridized carbons (Fsp3) is 0.375. The molecule has 0 aliphatic heterocycles. The molecule has 0 aromatic heterocycles. The summed E-state index contributed by atoms with van der Waals surface area (Å²) in [5.41, 5.74) is 0.641. The summed E-state index contributed by atoms with van der Waals surface area (Å²) in [7, 11) is 0. The number of hydrogen-bond donors (Lipinski definition) is 3. The van der Waals surface area contributed by atoms with Gasteiger partial charge in [0.15, 0.2) is 5.96 Å². The number of amides is 1. The van der Waals surface area contributed by atoms with Gasteiger partial charge in [0.1, 0.15) is 0 Å². The maximum atomic E-state index is 11.9. The summed E-state index contributed by atoms with van der Waals surface area (Å²) in [6.45, 7) is 4.38. The lowest BCUT2D eigenvalue weighted by Crippen LogP contribution is -2.37. The monoisotopic (exact) mass is 364 g/mol. The minimum absolute atomic E-state index is 0.0809. The Labute approximate surface area is 140 Å². The van der Waals surface area contributed by atoms with Gasteiger partial charge in [-0.05, 0) is 31.5 Å². The number of nitrogens with zero attached hydrogens (tertiary/aromatic N) is 1. The summed E-state index contributed by atoms with van der Waals surface area (Å²) in [6.07, 6.45) is 5.96. The molecular weight excluding hydrogens is 344 g/mol. The molecule has 5 nitrogen and oxygen atoms in total. The molecule has 1 aromatic carbocycles. The van der Waals surface area contributed by atoms with E-state index in [1.54, 1.807) is 12.1 Å². The Kier molecular flexibility index (Phi) is 8.77. The van der Waals surface area contributed by atoms with Gasteiger partial charge in [-0.25, -0.2) is 0 Å². The molecule has 1 amide bonds. The van der Waals surface area contributed by atoms with Gasteiger partial charge in [0.05, 0.1) is 6.54 Å². The molecule has 0 aliphatic rings. The van der Waals surface area contributed by atoms with Crippen molar-refractivity contribution in [1.82, 2.24) is 16.0 Å². The number of halogens is 1. The van der Waals surface area contributed by atoms with Crippen LogP contribution in [0.2, 0.25) is 0 Å². The second kappa shape index (κ2) is 10.7. The Hall–Kier alpha value is -2.00. The van der Waals surface area contributed by atoms with Crippen molar-refractivity contribution in [2.75, 3.05) is 26.2 Å². The van der Waals surface area contributed by atoms with Crippen molar-refractivity contribution in [3.63, 3.8) is 0 Å². The molecule has 0 heterocycles. The highest BCUT2D eigenvalue weighted by atomic mass is 79.9. The number of benzene rings is 1. The quantitative estimate of drug-likeness (QED) is 0.299. The van der Waals surface area contributed by atoms with E-state index in [4.69, 9.17) is 6.42 Å². The number of carbonyl (C=O) groups is 1. The van der Waals surface area contributed by atoms with Crippen LogP contribution in [-0.2, 0) is 0 Å². The zero-order chi connectivity index (χ0) is 16.2. The van der Waals surface area contributed by atoms with Crippen LogP contribution in [0.3, 0.4) is 0 Å². The zero-order valence-electron chi connectivity index (χ0n) is 12.7. The molecule has 0 bridgehead atoms. The molecule has 0 fully saturated rings. The van der Waals surface area contributed by atoms with Gasteiger partial charge in [0.2, 0.25) is 0 Å². The number of rotatable bonds is 7. The molecule has 0 aliphatic carbocycles. The fourth-order valence-corrected chi connectivity index (χ4v) is 2.08. The molecule has 22 heavy (non-hydrogen) atoms. The van der Waals surface area contributed by atoms with E-state index < -0.39 is 0 Å². The first kappa shape index (κ1) is 18.1. The average Bonchev–Trinajstić information content (AvgIpc) is 2.52. The van der Waals surface area contributed by atoms with Crippen LogP contribution in [0.1, 0.15) is 23.7 Å². The SMILES string of the molecule is C#CCNC(=NCCCNC(=O)c1cccc(Br)c1)NCC. The van der Waals surface area contributed by atoms with Crippen molar-refractivity contribution in [1.29, 1.82) is 0 Å². The summed E-state index contributed by atoms with van der Waals surface area (Å²) in [5, 5.41) is 8.99. The zero-order valence-corrected chi connectivity index (χ0v) is 14.2. The number of aliphatic imine (C=N–C) groups is 1. The molecule has 118 valence electrons. The van der Waals surface area contributed by atoms with E-state index >= 15 is 0 Å². The van der Waals surface area contributed by atoms with Crippen LogP contribution in [0.25, 0.3) is 0 Å². The summed E-state index contributed by atoms with van der Waals surface area (Å²) < 4.78 is 0.889. The van der Waals surface area contributed by atoms with Crippen LogP contribution >= 0.6 is 15.9 Å². The van der Waals surface area contributed by atoms with Gasteiger partial charge in [-0.2, -0.15) is 0 Å². The Balaban J connectivity index is 2.31. The highest BCUT2D eigenvalue weighted by Gasteiger charge is 2.04. The maximum Gasteiger partial charge on any atom is 0.251 e. The molecule has 0 atom stereocenters. The van der Waals surface area contributed by atoms with Gasteiger partial charge < -0.3 is 16.0 Å². The second-order valence-electron chi connectivity index (χ2n) is 4.44. The number of terminal acetylenes is 1. The second-order valence-corrected chi connectivity index (χ2v) is 5.35. The molecule has 0 unspecified atom stereocenters. The van der Waals surface area contributed by atoms with Crippen LogP contribution in [-0.4, -0.2) is 38.0 Å². The molecule has 6 heteroatoms. The highest BCUT2D eigenvalue weighted by Crippen LogP contribution is 2.11. The van der Waals surface area contributed by atoms with Gasteiger partial charge >= 0.3 is 0 Å². The van der Waals surface area contributed by atoms with Crippen LogP contribution in [0, 0.1) is 12.3 Å². The van der Waals surface area contributed by atoms with Crippen molar-refractivity contribution < 1.29 is 4.79 Å². The largest absolute Gasteiger partial charge is 0.357 e. The van der Waals surface area contributed by atoms with Gasteiger partial charge in [0, 0.05) is 29.7 Å². The molecule has 0 radical (unpaired) electrons. The Morgan fingerprint density at radius 3 is 2.86 bits per heavy atom. The third-order valence-corrected chi connectivity index (χ3v) is 3.17. The van der Waals surface area contributed by atoms with E-state index in [0.717, 1.165) is 17.4 Å². The van der Waals surface area contributed by atoms with Gasteiger partial charge in [-0.1, -0.05) is 27.9 Å². The van der Waals surface area contributed by atoms with Gasteiger partial charge in [-0.3, -0.25) is 9.79 Å². The summed E-state index contributed by atoms with van der Waals surface area (Å²) in [6, 6.07) is 7.30. The predicted molar refractivity (Wildman–Crippen MR) is 93.9 cm³/mol. The summed E-state index contributed by atoms with van der Waals surface area (Å²) in [5.74, 6) is 3.12. The van der Waals surface area contributed by atoms with E-state index in [9.17, 15) is 4.79 Å². The van der Waals surface area contributed by atoms with Crippen molar-refractivity contribution in [3.8, 4) is 12.3 Å². The lowest BCUT2D eigenvalue weighted by molar-refractivity contribution is 0.0953. The van der Waals surface area contributed by atoms with Crippen molar-refractivity contribution in [2.24, 2.45) is 4.99 Å². The standard InChI is InChI=1S/C16H21BrN4O/c1-3-9-20-16(18-4-2)21-11-6-10-19-15(22)13-7-5-8-14(17)12-13/h1,5,7-8,12H,4,6,9-11H2,2H3,(H,19,22)(H2,18,20,21). The first-order chi connectivity index (χ1) is 10.7. The van der Waals surface area contributed by atoms with E-state index in [-0.39, 0.29) is 5.91 Å². The van der Waals surface area contributed by atoms with E-state index in [1.165, 1.54) is 0 Å². The number of nitrogens with one attached hydrogen (secondary N) is 3. The number of carbonyl (C=O) groups excluding carboxylic acids is 1. The van der Waals surface area contributed by atoms with Crippen LogP contribution in [0.4, 0.5) is 0 Å². The molecule has 0 saturated carbocycles. The highest BCUT2D eigenvalue weighted by molar-refractivity contribution is 9.10. The lowest BCUT2D eigenvalue weighted by atomic mass is 10.2. The lowest BCUT2D eigenvalue weighted by Gasteiger charge is -2.09. The third-order valence-electron chi connectivity index (χ3n) is 2.68. The number of guanidine groups is 1. The van der Waals surface area contributed by atoms with E-state index in [2.05, 4.69) is 42.8 Å². The molecule has 1 aromatic rings. The Morgan fingerprint density at radius 1 is 1.36 bits per heavy atom. The minimum Gasteiger partial charge on any atom is -0.357 e. The van der Waals surface area contributed by atoms with Gasteiger partial charge in [0.25, 0.3) is 5.91 Å². The van der Waals surface area contributed by atoms with Gasteiger partial charge in [-0.15, -0.1) is 6.42 Å². The first-order valence-corrected chi connectivity index (χ1v) is 7.96. The summed E-state index contributed by atoms with van der Waals surface area (Å²) in [4.78, 5) is 16.3. The van der Waals surface area contributed by atoms with Crippen LogP contribution < -0.4 is 16.0 Å². The molecule has 1 rings (SSSR count). The molecular formula is C16H21BrN4O. The van der Waals surface area contributed by atoms with Crippen molar-refractivity contribution >= 4 is 27.8 Å². The molecule has 3 N–H and O–H groups in total. The normalized spacial score (nSPS) is 10.7. The average molecular weight is 365 g/mol. The fourth-order valence-electron chi connectivity index (χ4n) is 1.68. The number of hydrogen-bond acceptors (Lipinski definition) is 2. The van der Waals surface area contributed by atoms with Crippen LogP contribution in [0.15, 0.2) is 33.7 Å². The topological polar surface area (TPSA) is 65.5 Å². The smallest absolute Gasteiger partial charge is 0.251 e. The van der Waals surface area contributed by atoms with E-state index in [0.29, 0.717) is 31.2 Å². The predicted octanol–water partition coefficient (Wildman–Crippen LogP) is 1.76. The van der Waals surface area contributed by atoms with E-state index in [1.807, 2.05) is 19.1 Å². The van der Waals surface area contributed by atoms with Crippen molar-refractivity contribution in [3.05, 3.63) is 34.3 Å². The Morgan fingerprint density at radius 2 is 2.18 bits per heavy atom. The maximum absolute atomic E-state index is 11.9. The first-order valence-electron chi connectivity index (χ1n) is 7.16. The molecule has 0 saturated heterocycles. The Bertz CT molecular complexity index is 551. The summed E-state index contributed by atoms with van der Waals surface area (Å²) >= 11 is 3.35. The molecule has 0 spiro atoms. The third kappa shape index (κ3) is 7.14. The van der Waals surface area contributed by atoms with Crippen LogP contribution in [0.5, 0.6) is 0 Å².